The highest BCUT2D eigenvalue weighted by molar-refractivity contribution is 7.22. The molecule has 1 aliphatic heterocycles. The smallest absolute Gasteiger partial charge is 0.224 e. The summed E-state index contributed by atoms with van der Waals surface area (Å²) in [5, 5.41) is 8.79. The Kier molecular flexibility index (Phi) is 6.19. The molecule has 0 aliphatic carbocycles. The van der Waals surface area contributed by atoms with Crippen molar-refractivity contribution in [2.24, 2.45) is 0 Å². The Hall–Kier alpha value is -3.46. The van der Waals surface area contributed by atoms with Crippen LogP contribution < -0.4 is 15.0 Å². The largest absolute Gasteiger partial charge is 0.497 e. The van der Waals surface area contributed by atoms with E-state index in [1.807, 2.05) is 35.9 Å². The van der Waals surface area contributed by atoms with Crippen molar-refractivity contribution < 1.29 is 13.9 Å². The van der Waals surface area contributed by atoms with Gasteiger partial charge in [-0.25, -0.2) is 9.07 Å². The fourth-order valence-corrected chi connectivity index (χ4v) is 5.28. The third-order valence-electron chi connectivity index (χ3n) is 6.10. The number of hydrogen-bond acceptors (Lipinski definition) is 6. The summed E-state index contributed by atoms with van der Waals surface area (Å²) in [7, 11) is 1.65. The molecule has 0 spiro atoms. The maximum atomic E-state index is 13.1. The van der Waals surface area contributed by atoms with Gasteiger partial charge in [-0.1, -0.05) is 23.5 Å². The van der Waals surface area contributed by atoms with E-state index in [1.165, 1.54) is 12.1 Å². The minimum absolute atomic E-state index is 0.0275. The molecule has 0 bridgehead atoms. The van der Waals surface area contributed by atoms with Crippen molar-refractivity contribution in [3.63, 3.8) is 0 Å². The van der Waals surface area contributed by atoms with E-state index in [2.05, 4.69) is 15.3 Å². The van der Waals surface area contributed by atoms with Crippen LogP contribution in [0.3, 0.4) is 0 Å². The van der Waals surface area contributed by atoms with E-state index in [0.29, 0.717) is 0 Å². The lowest BCUT2D eigenvalue weighted by Gasteiger charge is -2.32. The van der Waals surface area contributed by atoms with Crippen molar-refractivity contribution in [2.45, 2.75) is 32.2 Å². The molecule has 1 fully saturated rings. The number of amides is 1. The van der Waals surface area contributed by atoms with Gasteiger partial charge in [0.2, 0.25) is 5.91 Å². The fraction of sp³-hybridized carbons (Fsp3) is 0.320. The SMILES string of the molecule is COc1ccc(-n2nc(C)c3sc(N4CCC(NC(=O)Cc5ccc(F)cc5)CC4)nc32)cc1. The Labute approximate surface area is 201 Å². The maximum Gasteiger partial charge on any atom is 0.224 e. The van der Waals surface area contributed by atoms with Gasteiger partial charge in [-0.05, 0) is 61.7 Å². The molecule has 2 aromatic carbocycles. The van der Waals surface area contributed by atoms with E-state index in [1.54, 1.807) is 30.6 Å². The third-order valence-corrected chi connectivity index (χ3v) is 7.32. The summed E-state index contributed by atoms with van der Waals surface area (Å²) in [6.45, 7) is 3.66. The number of nitrogens with one attached hydrogen (secondary N) is 1. The van der Waals surface area contributed by atoms with Crippen LogP contribution in [0.15, 0.2) is 48.5 Å². The van der Waals surface area contributed by atoms with Crippen LogP contribution in [-0.4, -0.2) is 46.9 Å². The Balaban J connectivity index is 1.23. The molecule has 2 aromatic heterocycles. The molecule has 1 amide bonds. The predicted molar refractivity (Wildman–Crippen MR) is 132 cm³/mol. The lowest BCUT2D eigenvalue weighted by molar-refractivity contribution is -0.121. The number of piperidine rings is 1. The summed E-state index contributed by atoms with van der Waals surface area (Å²) in [5.74, 6) is 0.481. The Morgan fingerprint density at radius 1 is 1.15 bits per heavy atom. The van der Waals surface area contributed by atoms with Gasteiger partial charge in [0.05, 0.1) is 29.6 Å². The second-order valence-electron chi connectivity index (χ2n) is 8.48. The number of anilines is 1. The van der Waals surface area contributed by atoms with E-state index in [9.17, 15) is 9.18 Å². The summed E-state index contributed by atoms with van der Waals surface area (Å²) >= 11 is 1.66. The first kappa shape index (κ1) is 22.3. The van der Waals surface area contributed by atoms with Crippen LogP contribution in [0.1, 0.15) is 24.1 Å². The monoisotopic (exact) mass is 479 g/mol. The zero-order valence-electron chi connectivity index (χ0n) is 19.1. The maximum absolute atomic E-state index is 13.1. The second-order valence-corrected chi connectivity index (χ2v) is 9.45. The number of halogens is 1. The molecule has 3 heterocycles. The summed E-state index contributed by atoms with van der Waals surface area (Å²) in [6.07, 6.45) is 1.98. The number of ether oxygens (including phenoxy) is 1. The number of aryl methyl sites for hydroxylation is 1. The molecule has 176 valence electrons. The molecule has 34 heavy (non-hydrogen) atoms. The van der Waals surface area contributed by atoms with Crippen molar-refractivity contribution in [3.05, 3.63) is 65.6 Å². The fourth-order valence-electron chi connectivity index (χ4n) is 4.24. The van der Waals surface area contributed by atoms with Gasteiger partial charge in [-0.15, -0.1) is 0 Å². The number of aromatic nitrogens is 3. The number of benzene rings is 2. The van der Waals surface area contributed by atoms with Crippen molar-refractivity contribution in [2.75, 3.05) is 25.1 Å². The molecule has 7 nitrogen and oxygen atoms in total. The first-order valence-corrected chi connectivity index (χ1v) is 12.1. The second kappa shape index (κ2) is 9.42. The molecule has 9 heteroatoms. The minimum Gasteiger partial charge on any atom is -0.497 e. The number of methoxy groups -OCH3 is 1. The van der Waals surface area contributed by atoms with Crippen molar-refractivity contribution in [1.29, 1.82) is 0 Å². The van der Waals surface area contributed by atoms with Crippen LogP contribution in [0.5, 0.6) is 5.75 Å². The number of thiazole rings is 1. The number of carbonyl (C=O) groups excluding carboxylic acids is 1. The first-order chi connectivity index (χ1) is 16.5. The number of nitrogens with zero attached hydrogens (tertiary/aromatic N) is 4. The molecule has 5 rings (SSSR count). The number of hydrogen-bond donors (Lipinski definition) is 1. The van der Waals surface area contributed by atoms with Crippen molar-refractivity contribution in [1.82, 2.24) is 20.1 Å². The highest BCUT2D eigenvalue weighted by Crippen LogP contribution is 2.34. The molecule has 1 N–H and O–H groups in total. The molecule has 0 unspecified atom stereocenters. The van der Waals surface area contributed by atoms with Crippen LogP contribution in [-0.2, 0) is 11.2 Å². The number of rotatable bonds is 6. The highest BCUT2D eigenvalue weighted by Gasteiger charge is 2.24. The van der Waals surface area contributed by atoms with Gasteiger partial charge in [-0.3, -0.25) is 4.79 Å². The lowest BCUT2D eigenvalue weighted by Crippen LogP contribution is -2.45. The molecule has 0 radical (unpaired) electrons. The molecule has 1 aliphatic rings. The van der Waals surface area contributed by atoms with Gasteiger partial charge in [0.15, 0.2) is 10.8 Å². The third kappa shape index (κ3) is 4.61. The topological polar surface area (TPSA) is 72.3 Å². The first-order valence-electron chi connectivity index (χ1n) is 11.3. The summed E-state index contributed by atoms with van der Waals surface area (Å²) in [6, 6.07) is 14.0. The van der Waals surface area contributed by atoms with Gasteiger partial charge in [0.1, 0.15) is 11.6 Å². The predicted octanol–water partition coefficient (Wildman–Crippen LogP) is 4.27. The van der Waals surface area contributed by atoms with Gasteiger partial charge >= 0.3 is 0 Å². The Morgan fingerprint density at radius 2 is 1.85 bits per heavy atom. The minimum atomic E-state index is -0.293. The van der Waals surface area contributed by atoms with E-state index < -0.39 is 0 Å². The molecule has 0 atom stereocenters. The summed E-state index contributed by atoms with van der Waals surface area (Å²) in [4.78, 5) is 19.6. The van der Waals surface area contributed by atoms with Crippen LogP contribution in [0.2, 0.25) is 0 Å². The highest BCUT2D eigenvalue weighted by atomic mass is 32.1. The van der Waals surface area contributed by atoms with Crippen LogP contribution in [0.4, 0.5) is 9.52 Å². The zero-order valence-corrected chi connectivity index (χ0v) is 19.9. The number of fused-ring (bicyclic) bond motifs is 1. The lowest BCUT2D eigenvalue weighted by atomic mass is 10.0. The van der Waals surface area contributed by atoms with E-state index in [-0.39, 0.29) is 24.2 Å². The van der Waals surface area contributed by atoms with E-state index >= 15 is 0 Å². The van der Waals surface area contributed by atoms with Crippen molar-refractivity contribution >= 4 is 32.7 Å². The molecule has 0 saturated carbocycles. The average Bonchev–Trinajstić information content (AvgIpc) is 3.42. The summed E-state index contributed by atoms with van der Waals surface area (Å²) < 4.78 is 21.3. The summed E-state index contributed by atoms with van der Waals surface area (Å²) in [5.41, 5.74) is 3.57. The van der Waals surface area contributed by atoms with Gasteiger partial charge in [0.25, 0.3) is 0 Å². The van der Waals surface area contributed by atoms with Gasteiger partial charge in [-0.2, -0.15) is 10.1 Å². The van der Waals surface area contributed by atoms with E-state index in [4.69, 9.17) is 9.72 Å². The molecular weight excluding hydrogens is 453 g/mol. The zero-order chi connectivity index (χ0) is 23.7. The Bertz CT molecular complexity index is 1290. The molecule has 4 aromatic rings. The van der Waals surface area contributed by atoms with E-state index in [0.717, 1.165) is 64.1 Å². The quantitative estimate of drug-likeness (QED) is 0.447. The Morgan fingerprint density at radius 3 is 2.53 bits per heavy atom. The van der Waals surface area contributed by atoms with Crippen LogP contribution in [0, 0.1) is 12.7 Å². The normalized spacial score (nSPS) is 14.5. The molecular formula is C25H26FN5O2S. The standard InChI is InChI=1S/C25H26FN5O2S/c1-16-23-24(31(29-16)20-7-9-21(33-2)10-8-20)28-25(34-23)30-13-11-19(12-14-30)27-22(32)15-17-3-5-18(26)6-4-17/h3-10,19H,11-15H2,1-2H3,(H,27,32). The van der Waals surface area contributed by atoms with Crippen molar-refractivity contribution in [3.8, 4) is 11.4 Å². The average molecular weight is 480 g/mol. The van der Waals surface area contributed by atoms with Crippen LogP contribution >= 0.6 is 11.3 Å². The molecule has 1 saturated heterocycles. The van der Waals surface area contributed by atoms with Gasteiger partial charge < -0.3 is 15.0 Å². The van der Waals surface area contributed by atoms with Crippen LogP contribution in [0.25, 0.3) is 16.0 Å². The number of carbonyl (C=O) groups is 1. The van der Waals surface area contributed by atoms with Gasteiger partial charge in [0, 0.05) is 19.1 Å².